The minimum Gasteiger partial charge on any atom is -0.497 e. The average molecular weight is 517 g/mol. The van der Waals surface area contributed by atoms with Crippen molar-refractivity contribution >= 4 is 15.9 Å². The van der Waals surface area contributed by atoms with E-state index < -0.39 is 10.0 Å². The van der Waals surface area contributed by atoms with E-state index in [1.165, 1.54) is 24.6 Å². The molecular formula is C23H28N6O6S. The van der Waals surface area contributed by atoms with Gasteiger partial charge in [-0.3, -0.25) is 9.78 Å². The maximum Gasteiger partial charge on any atom is 0.246 e. The van der Waals surface area contributed by atoms with E-state index >= 15 is 0 Å². The number of rotatable bonds is 6. The molecule has 1 aliphatic rings. The molecule has 0 spiro atoms. The van der Waals surface area contributed by atoms with Crippen LogP contribution in [0.1, 0.15) is 37.5 Å². The molecule has 1 saturated heterocycles. The quantitative estimate of drug-likeness (QED) is 0.515. The molecule has 1 unspecified atom stereocenters. The van der Waals surface area contributed by atoms with Gasteiger partial charge in [0.15, 0.2) is 0 Å². The summed E-state index contributed by atoms with van der Waals surface area (Å²) < 4.78 is 44.5. The lowest BCUT2D eigenvalue weighted by molar-refractivity contribution is -0.121. The summed E-state index contributed by atoms with van der Waals surface area (Å²) in [5.41, 5.74) is 0.488. The molecule has 1 N–H and O–H groups in total. The summed E-state index contributed by atoms with van der Waals surface area (Å²) in [6.45, 7) is 0.650. The summed E-state index contributed by atoms with van der Waals surface area (Å²) in [7, 11) is -1.10. The van der Waals surface area contributed by atoms with Crippen LogP contribution in [0.25, 0.3) is 11.5 Å². The van der Waals surface area contributed by atoms with Crippen LogP contribution in [0.3, 0.4) is 0 Å². The second kappa shape index (κ2) is 11.4. The van der Waals surface area contributed by atoms with Crippen LogP contribution < -0.4 is 14.8 Å². The van der Waals surface area contributed by atoms with Gasteiger partial charge in [0, 0.05) is 50.4 Å². The van der Waals surface area contributed by atoms with Gasteiger partial charge in [0.25, 0.3) is 0 Å². The number of ether oxygens (including phenoxy) is 2. The molecule has 36 heavy (non-hydrogen) atoms. The number of benzene rings is 1. The normalized spacial score (nSPS) is 18.2. The third-order valence-corrected chi connectivity index (χ3v) is 7.86. The summed E-state index contributed by atoms with van der Waals surface area (Å²) in [5, 5.41) is 6.87. The molecule has 1 atom stereocenters. The second-order valence-electron chi connectivity index (χ2n) is 8.20. The van der Waals surface area contributed by atoms with Crippen molar-refractivity contribution in [2.75, 3.05) is 33.9 Å². The van der Waals surface area contributed by atoms with Crippen LogP contribution in [0.2, 0.25) is 0 Å². The van der Waals surface area contributed by atoms with Crippen LogP contribution in [0.15, 0.2) is 46.2 Å². The van der Waals surface area contributed by atoms with E-state index in [9.17, 15) is 13.2 Å². The maximum absolute atomic E-state index is 13.6. The molecule has 1 amide bonds. The van der Waals surface area contributed by atoms with E-state index in [1.807, 2.05) is 0 Å². The molecule has 2 aromatic heterocycles. The van der Waals surface area contributed by atoms with Crippen molar-refractivity contribution in [3.63, 3.8) is 0 Å². The fourth-order valence-electron chi connectivity index (χ4n) is 4.00. The Balaban J connectivity index is 1.56. The number of hydrogen-bond acceptors (Lipinski definition) is 10. The highest BCUT2D eigenvalue weighted by molar-refractivity contribution is 7.89. The molecule has 1 aromatic carbocycles. The van der Waals surface area contributed by atoms with E-state index in [4.69, 9.17) is 14.0 Å². The van der Waals surface area contributed by atoms with E-state index in [2.05, 4.69) is 25.4 Å². The monoisotopic (exact) mass is 516 g/mol. The van der Waals surface area contributed by atoms with Crippen molar-refractivity contribution in [2.24, 2.45) is 0 Å². The van der Waals surface area contributed by atoms with E-state index in [0.29, 0.717) is 49.0 Å². The Morgan fingerprint density at radius 1 is 1.14 bits per heavy atom. The van der Waals surface area contributed by atoms with Gasteiger partial charge in [-0.25, -0.2) is 13.4 Å². The molecule has 0 bridgehead atoms. The van der Waals surface area contributed by atoms with Gasteiger partial charge in [-0.2, -0.15) is 9.29 Å². The van der Waals surface area contributed by atoms with Crippen molar-refractivity contribution in [2.45, 2.75) is 36.5 Å². The number of sulfonamides is 1. The average Bonchev–Trinajstić information content (AvgIpc) is 3.38. The van der Waals surface area contributed by atoms with Crippen molar-refractivity contribution in [3.8, 4) is 23.0 Å². The predicted molar refractivity (Wildman–Crippen MR) is 128 cm³/mol. The molecule has 4 rings (SSSR count). The molecule has 3 heterocycles. The van der Waals surface area contributed by atoms with Gasteiger partial charge in [0.1, 0.15) is 22.1 Å². The number of methoxy groups -OCH3 is 2. The van der Waals surface area contributed by atoms with Crippen LogP contribution in [0.4, 0.5) is 0 Å². The van der Waals surface area contributed by atoms with Crippen LogP contribution >= 0.6 is 0 Å². The standard InChI is InChI=1S/C23H28N6O6S/c1-33-17-5-6-19(34-2)20(14-17)36(31,32)29-12-3-4-16(7-9-26-21(30)8-13-29)23-27-22(28-35-23)18-15-24-10-11-25-18/h5-6,10-11,14-16H,3-4,7-9,12-13H2,1-2H3,(H,26,30). The fraction of sp³-hybridized carbons (Fsp3) is 0.435. The fourth-order valence-corrected chi connectivity index (χ4v) is 5.65. The molecular weight excluding hydrogens is 488 g/mol. The first kappa shape index (κ1) is 25.5. The van der Waals surface area contributed by atoms with Gasteiger partial charge in [-0.05, 0) is 31.4 Å². The highest BCUT2D eigenvalue weighted by atomic mass is 32.2. The van der Waals surface area contributed by atoms with Crippen molar-refractivity contribution in [3.05, 3.63) is 42.7 Å². The minimum absolute atomic E-state index is 0.0123. The summed E-state index contributed by atoms with van der Waals surface area (Å²) in [6.07, 6.45) is 6.35. The lowest BCUT2D eigenvalue weighted by atomic mass is 9.99. The third kappa shape index (κ3) is 5.79. The highest BCUT2D eigenvalue weighted by Gasteiger charge is 2.30. The SMILES string of the molecule is COc1ccc(OC)c(S(=O)(=O)N2CCCC(c3nc(-c4cnccn4)no3)CCNC(=O)CC2)c1. The highest BCUT2D eigenvalue weighted by Crippen LogP contribution is 2.32. The number of hydrogen-bond donors (Lipinski definition) is 1. The molecule has 1 aliphatic heterocycles. The summed E-state index contributed by atoms with van der Waals surface area (Å²) in [6, 6.07) is 4.60. The molecule has 192 valence electrons. The van der Waals surface area contributed by atoms with Crippen molar-refractivity contribution < 1.29 is 27.2 Å². The predicted octanol–water partition coefficient (Wildman–Crippen LogP) is 2.01. The van der Waals surface area contributed by atoms with Crippen molar-refractivity contribution in [1.82, 2.24) is 29.7 Å². The Hall–Kier alpha value is -3.58. The van der Waals surface area contributed by atoms with Gasteiger partial charge in [-0.1, -0.05) is 5.16 Å². The van der Waals surface area contributed by atoms with Gasteiger partial charge in [0.2, 0.25) is 27.6 Å². The molecule has 0 saturated carbocycles. The van der Waals surface area contributed by atoms with Gasteiger partial charge >= 0.3 is 0 Å². The van der Waals surface area contributed by atoms with Gasteiger partial charge in [-0.15, -0.1) is 0 Å². The molecule has 1 fully saturated rings. The Labute approximate surface area is 209 Å². The Bertz CT molecular complexity index is 1280. The Kier molecular flexibility index (Phi) is 8.10. The third-order valence-electron chi connectivity index (χ3n) is 5.94. The molecule has 12 nitrogen and oxygen atoms in total. The first-order valence-corrected chi connectivity index (χ1v) is 12.9. The topological polar surface area (TPSA) is 150 Å². The summed E-state index contributed by atoms with van der Waals surface area (Å²) in [4.78, 5) is 25.1. The molecule has 0 radical (unpaired) electrons. The van der Waals surface area contributed by atoms with Gasteiger partial charge < -0.3 is 19.3 Å². The number of nitrogens with zero attached hydrogens (tertiary/aromatic N) is 5. The number of aromatic nitrogens is 4. The van der Waals surface area contributed by atoms with Crippen LogP contribution in [-0.4, -0.2) is 72.6 Å². The van der Waals surface area contributed by atoms with Crippen LogP contribution in [0, 0.1) is 0 Å². The molecule has 3 aromatic rings. The zero-order chi connectivity index (χ0) is 25.5. The molecule has 13 heteroatoms. The first-order valence-electron chi connectivity index (χ1n) is 11.5. The number of carbonyl (C=O) groups is 1. The van der Waals surface area contributed by atoms with E-state index in [-0.39, 0.29) is 42.0 Å². The Morgan fingerprint density at radius 2 is 2.00 bits per heavy atom. The lowest BCUT2D eigenvalue weighted by Gasteiger charge is -2.23. The number of carbonyl (C=O) groups excluding carboxylic acids is 1. The largest absolute Gasteiger partial charge is 0.497 e. The maximum atomic E-state index is 13.6. The lowest BCUT2D eigenvalue weighted by Crippen LogP contribution is -2.36. The zero-order valence-electron chi connectivity index (χ0n) is 20.1. The zero-order valence-corrected chi connectivity index (χ0v) is 20.9. The van der Waals surface area contributed by atoms with Crippen LogP contribution in [-0.2, 0) is 14.8 Å². The number of amides is 1. The van der Waals surface area contributed by atoms with E-state index in [0.717, 1.165) is 0 Å². The Morgan fingerprint density at radius 3 is 2.75 bits per heavy atom. The number of nitrogens with one attached hydrogen (secondary N) is 1. The minimum atomic E-state index is -3.97. The summed E-state index contributed by atoms with van der Waals surface area (Å²) >= 11 is 0. The summed E-state index contributed by atoms with van der Waals surface area (Å²) in [5.74, 6) is 0.922. The smallest absolute Gasteiger partial charge is 0.246 e. The van der Waals surface area contributed by atoms with Crippen molar-refractivity contribution in [1.29, 1.82) is 0 Å². The van der Waals surface area contributed by atoms with Crippen LogP contribution in [0.5, 0.6) is 11.5 Å². The molecule has 0 aliphatic carbocycles. The first-order chi connectivity index (χ1) is 17.4. The van der Waals surface area contributed by atoms with Gasteiger partial charge in [0.05, 0.1) is 20.4 Å². The second-order valence-corrected chi connectivity index (χ2v) is 10.1. The van der Waals surface area contributed by atoms with E-state index in [1.54, 1.807) is 30.7 Å².